The van der Waals surface area contributed by atoms with Gasteiger partial charge in [0.1, 0.15) is 0 Å². The number of carboxylic acid groups (broad SMARTS) is 2. The fourth-order valence-corrected chi connectivity index (χ4v) is 1.83. The van der Waals surface area contributed by atoms with E-state index < -0.39 is 17.9 Å². The van der Waals surface area contributed by atoms with E-state index in [0.717, 1.165) is 12.8 Å². The quantitative estimate of drug-likeness (QED) is 0.665. The van der Waals surface area contributed by atoms with Crippen LogP contribution >= 0.6 is 0 Å². The molecule has 2 atom stereocenters. The van der Waals surface area contributed by atoms with Crippen LogP contribution in [0.2, 0.25) is 0 Å². The zero-order valence-electron chi connectivity index (χ0n) is 6.69. The Balaban J connectivity index is 2.52. The number of carbonyl (C=O) groups is 2. The van der Waals surface area contributed by atoms with Crippen LogP contribution in [0.3, 0.4) is 0 Å². The van der Waals surface area contributed by atoms with E-state index in [1.54, 1.807) is 0 Å². The van der Waals surface area contributed by atoms with Crippen LogP contribution in [0.4, 0.5) is 0 Å². The van der Waals surface area contributed by atoms with Crippen molar-refractivity contribution in [1.29, 1.82) is 0 Å². The monoisotopic (exact) mass is 172 g/mol. The summed E-state index contributed by atoms with van der Waals surface area (Å²) in [5.41, 5.74) is 0. The van der Waals surface area contributed by atoms with Gasteiger partial charge in [0.2, 0.25) is 0 Å². The predicted octanol–water partition coefficient (Wildman–Crippen LogP) is 0.962. The van der Waals surface area contributed by atoms with E-state index in [4.69, 9.17) is 10.2 Å². The van der Waals surface area contributed by atoms with Gasteiger partial charge in [-0.1, -0.05) is 6.42 Å². The van der Waals surface area contributed by atoms with Gasteiger partial charge < -0.3 is 10.2 Å². The largest absolute Gasteiger partial charge is 0.481 e. The minimum atomic E-state index is -0.895. The molecule has 1 aliphatic carbocycles. The summed E-state index contributed by atoms with van der Waals surface area (Å²) in [5.74, 6) is -2.33. The summed E-state index contributed by atoms with van der Waals surface area (Å²) in [5, 5.41) is 17.2. The summed E-state index contributed by atoms with van der Waals surface area (Å²) in [6.45, 7) is 0. The normalized spacial score (nSPS) is 28.7. The van der Waals surface area contributed by atoms with Gasteiger partial charge in [0, 0.05) is 6.42 Å². The van der Waals surface area contributed by atoms with Gasteiger partial charge in [-0.05, 0) is 18.8 Å². The number of hydrogen-bond acceptors (Lipinski definition) is 2. The lowest BCUT2D eigenvalue weighted by Crippen LogP contribution is -2.20. The lowest BCUT2D eigenvalue weighted by Gasteiger charge is -2.12. The molecule has 0 aliphatic heterocycles. The topological polar surface area (TPSA) is 74.6 Å². The Morgan fingerprint density at radius 2 is 1.92 bits per heavy atom. The van der Waals surface area contributed by atoms with Crippen LogP contribution in [0.25, 0.3) is 0 Å². The van der Waals surface area contributed by atoms with Crippen LogP contribution in [0, 0.1) is 11.8 Å². The van der Waals surface area contributed by atoms with E-state index in [0.29, 0.717) is 6.42 Å². The Morgan fingerprint density at radius 1 is 1.25 bits per heavy atom. The summed E-state index contributed by atoms with van der Waals surface area (Å²) in [6.07, 6.45) is 2.21. The lowest BCUT2D eigenvalue weighted by atomic mass is 9.93. The molecule has 0 bridgehead atoms. The van der Waals surface area contributed by atoms with Crippen molar-refractivity contribution >= 4 is 11.9 Å². The summed E-state index contributed by atoms with van der Waals surface area (Å²) in [7, 11) is 0. The van der Waals surface area contributed by atoms with E-state index >= 15 is 0 Å². The molecule has 0 radical (unpaired) electrons. The molecular weight excluding hydrogens is 160 g/mol. The molecule has 0 spiro atoms. The number of aliphatic carboxylic acids is 2. The molecule has 4 nitrogen and oxygen atoms in total. The van der Waals surface area contributed by atoms with Crippen molar-refractivity contribution in [2.75, 3.05) is 0 Å². The van der Waals surface area contributed by atoms with Crippen molar-refractivity contribution in [2.45, 2.75) is 25.7 Å². The standard InChI is InChI=1S/C8H12O4/c9-7(10)4-5-2-1-3-6(5)8(11)12/h5-6H,1-4H2,(H,9,10)(H,11,12)/t5-,6-/m1/s1. The summed E-state index contributed by atoms with van der Waals surface area (Å²) >= 11 is 0. The first kappa shape index (κ1) is 9.03. The molecule has 1 saturated carbocycles. The second-order valence-electron chi connectivity index (χ2n) is 3.23. The molecule has 12 heavy (non-hydrogen) atoms. The van der Waals surface area contributed by atoms with Gasteiger partial charge >= 0.3 is 11.9 Å². The second-order valence-corrected chi connectivity index (χ2v) is 3.23. The molecule has 2 N–H and O–H groups in total. The summed E-state index contributed by atoms with van der Waals surface area (Å²) in [4.78, 5) is 20.9. The third kappa shape index (κ3) is 1.96. The Bertz CT molecular complexity index is 199. The van der Waals surface area contributed by atoms with Gasteiger partial charge in [-0.15, -0.1) is 0 Å². The summed E-state index contributed by atoms with van der Waals surface area (Å²) < 4.78 is 0. The Kier molecular flexibility index (Phi) is 2.68. The minimum Gasteiger partial charge on any atom is -0.481 e. The minimum absolute atomic E-state index is 0.00301. The molecule has 0 aromatic carbocycles. The number of carboxylic acids is 2. The van der Waals surface area contributed by atoms with Crippen molar-refractivity contribution < 1.29 is 19.8 Å². The first-order valence-corrected chi connectivity index (χ1v) is 4.06. The average Bonchev–Trinajstić information content (AvgIpc) is 2.33. The zero-order chi connectivity index (χ0) is 9.14. The predicted molar refractivity (Wildman–Crippen MR) is 40.7 cm³/mol. The van der Waals surface area contributed by atoms with E-state index in [9.17, 15) is 9.59 Å². The average molecular weight is 172 g/mol. The molecule has 4 heteroatoms. The van der Waals surface area contributed by atoms with Crippen LogP contribution < -0.4 is 0 Å². The SMILES string of the molecule is O=C(O)C[C@H]1CCC[C@H]1C(=O)O. The van der Waals surface area contributed by atoms with Crippen molar-refractivity contribution in [1.82, 2.24) is 0 Å². The van der Waals surface area contributed by atoms with Crippen LogP contribution in [-0.2, 0) is 9.59 Å². The maximum absolute atomic E-state index is 10.6. The third-order valence-electron chi connectivity index (χ3n) is 2.41. The van der Waals surface area contributed by atoms with Gasteiger partial charge in [0.05, 0.1) is 5.92 Å². The molecule has 0 saturated heterocycles. The van der Waals surface area contributed by atoms with Crippen LogP contribution in [-0.4, -0.2) is 22.2 Å². The second kappa shape index (κ2) is 3.56. The molecule has 68 valence electrons. The van der Waals surface area contributed by atoms with Crippen molar-refractivity contribution in [3.63, 3.8) is 0 Å². The first-order chi connectivity index (χ1) is 5.61. The van der Waals surface area contributed by atoms with E-state index in [1.807, 2.05) is 0 Å². The Hall–Kier alpha value is -1.06. The van der Waals surface area contributed by atoms with Gasteiger partial charge in [-0.3, -0.25) is 9.59 Å². The zero-order valence-corrected chi connectivity index (χ0v) is 6.69. The molecule has 0 amide bonds. The summed E-state index contributed by atoms with van der Waals surface area (Å²) in [6, 6.07) is 0. The van der Waals surface area contributed by atoms with E-state index in [1.165, 1.54) is 0 Å². The molecule has 0 aromatic heterocycles. The highest BCUT2D eigenvalue weighted by molar-refractivity contribution is 5.73. The molecular formula is C8H12O4. The maximum atomic E-state index is 10.6. The van der Waals surface area contributed by atoms with E-state index in [-0.39, 0.29) is 12.3 Å². The Morgan fingerprint density at radius 3 is 2.42 bits per heavy atom. The fourth-order valence-electron chi connectivity index (χ4n) is 1.83. The smallest absolute Gasteiger partial charge is 0.306 e. The molecule has 1 rings (SSSR count). The Labute approximate surface area is 70.2 Å². The van der Waals surface area contributed by atoms with Crippen molar-refractivity contribution in [3.05, 3.63) is 0 Å². The van der Waals surface area contributed by atoms with Gasteiger partial charge in [-0.25, -0.2) is 0 Å². The van der Waals surface area contributed by atoms with Gasteiger partial charge in [0.25, 0.3) is 0 Å². The highest BCUT2D eigenvalue weighted by atomic mass is 16.4. The fraction of sp³-hybridized carbons (Fsp3) is 0.750. The maximum Gasteiger partial charge on any atom is 0.306 e. The van der Waals surface area contributed by atoms with Crippen LogP contribution in [0.1, 0.15) is 25.7 Å². The van der Waals surface area contributed by atoms with Gasteiger partial charge in [-0.2, -0.15) is 0 Å². The molecule has 0 unspecified atom stereocenters. The van der Waals surface area contributed by atoms with Crippen LogP contribution in [0.15, 0.2) is 0 Å². The molecule has 1 aliphatic rings. The van der Waals surface area contributed by atoms with E-state index in [2.05, 4.69) is 0 Å². The third-order valence-corrected chi connectivity index (χ3v) is 2.41. The lowest BCUT2D eigenvalue weighted by molar-refractivity contribution is -0.144. The highest BCUT2D eigenvalue weighted by Gasteiger charge is 2.33. The number of hydrogen-bond donors (Lipinski definition) is 2. The number of rotatable bonds is 3. The molecule has 0 aromatic rings. The van der Waals surface area contributed by atoms with Crippen molar-refractivity contribution in [2.24, 2.45) is 11.8 Å². The molecule has 1 fully saturated rings. The van der Waals surface area contributed by atoms with Gasteiger partial charge in [0.15, 0.2) is 0 Å². The van der Waals surface area contributed by atoms with Crippen molar-refractivity contribution in [3.8, 4) is 0 Å². The molecule has 0 heterocycles. The highest BCUT2D eigenvalue weighted by Crippen LogP contribution is 2.34. The van der Waals surface area contributed by atoms with Crippen LogP contribution in [0.5, 0.6) is 0 Å². The first-order valence-electron chi connectivity index (χ1n) is 4.06.